The molecule has 0 radical (unpaired) electrons. The summed E-state index contributed by atoms with van der Waals surface area (Å²) in [6, 6.07) is 10.1. The van der Waals surface area contributed by atoms with Crippen LogP contribution in [0.5, 0.6) is 0 Å². The van der Waals surface area contributed by atoms with E-state index in [9.17, 15) is 14.7 Å². The van der Waals surface area contributed by atoms with Crippen LogP contribution in [0.3, 0.4) is 0 Å². The van der Waals surface area contributed by atoms with E-state index in [1.165, 1.54) is 0 Å². The van der Waals surface area contributed by atoms with E-state index in [1.807, 2.05) is 11.0 Å². The number of aromatic carboxylic acids is 1. The van der Waals surface area contributed by atoms with Gasteiger partial charge in [0, 0.05) is 6.42 Å². The Kier molecular flexibility index (Phi) is 4.46. The number of hydrogen-bond donors (Lipinski definition) is 1. The SMILES string of the molecule is O=C(O)c1ccccc1N(Cc1ccco1)C1CCCCC1=O. The molecule has 1 N–H and O–H groups in total. The number of para-hydroxylation sites is 1. The van der Waals surface area contributed by atoms with Gasteiger partial charge in [0.1, 0.15) is 5.76 Å². The number of carboxylic acids is 1. The van der Waals surface area contributed by atoms with Crippen molar-refractivity contribution in [3.63, 3.8) is 0 Å². The van der Waals surface area contributed by atoms with Crippen molar-refractivity contribution in [1.29, 1.82) is 0 Å². The first kappa shape index (κ1) is 15.3. The van der Waals surface area contributed by atoms with E-state index in [2.05, 4.69) is 0 Å². The Balaban J connectivity index is 2.01. The third-order valence-corrected chi connectivity index (χ3v) is 4.25. The summed E-state index contributed by atoms with van der Waals surface area (Å²) in [6.45, 7) is 0.383. The fourth-order valence-electron chi connectivity index (χ4n) is 3.13. The molecule has 1 aromatic heterocycles. The summed E-state index contributed by atoms with van der Waals surface area (Å²) in [4.78, 5) is 25.8. The summed E-state index contributed by atoms with van der Waals surface area (Å²) in [5.74, 6) is -0.111. The highest BCUT2D eigenvalue weighted by Gasteiger charge is 2.31. The van der Waals surface area contributed by atoms with Gasteiger partial charge in [-0.2, -0.15) is 0 Å². The summed E-state index contributed by atoms with van der Waals surface area (Å²) >= 11 is 0. The maximum Gasteiger partial charge on any atom is 0.337 e. The Hall–Kier alpha value is -2.56. The van der Waals surface area contributed by atoms with Gasteiger partial charge in [-0.25, -0.2) is 4.79 Å². The molecule has 0 bridgehead atoms. The number of carbonyl (C=O) groups excluding carboxylic acids is 1. The van der Waals surface area contributed by atoms with Gasteiger partial charge in [0.2, 0.25) is 0 Å². The first-order chi connectivity index (χ1) is 11.2. The minimum absolute atomic E-state index is 0.169. The van der Waals surface area contributed by atoms with E-state index in [0.29, 0.717) is 24.4 Å². The summed E-state index contributed by atoms with van der Waals surface area (Å²) in [6.07, 6.45) is 4.76. The van der Waals surface area contributed by atoms with Crippen molar-refractivity contribution in [2.45, 2.75) is 38.3 Å². The monoisotopic (exact) mass is 313 g/mol. The van der Waals surface area contributed by atoms with Gasteiger partial charge < -0.3 is 14.4 Å². The number of hydrogen-bond acceptors (Lipinski definition) is 4. The Morgan fingerprint density at radius 3 is 2.74 bits per heavy atom. The number of carboxylic acid groups (broad SMARTS) is 1. The number of furan rings is 1. The number of benzene rings is 1. The second kappa shape index (κ2) is 6.69. The zero-order valence-electron chi connectivity index (χ0n) is 12.8. The van der Waals surface area contributed by atoms with Crippen molar-refractivity contribution in [2.24, 2.45) is 0 Å². The molecule has 23 heavy (non-hydrogen) atoms. The topological polar surface area (TPSA) is 70.8 Å². The first-order valence-electron chi connectivity index (χ1n) is 7.81. The molecule has 2 aromatic rings. The lowest BCUT2D eigenvalue weighted by Gasteiger charge is -2.35. The van der Waals surface area contributed by atoms with Gasteiger partial charge in [-0.15, -0.1) is 0 Å². The first-order valence-corrected chi connectivity index (χ1v) is 7.81. The van der Waals surface area contributed by atoms with Crippen LogP contribution in [0.4, 0.5) is 5.69 Å². The standard InChI is InChI=1S/C18H19NO4/c20-17-10-4-3-9-16(17)19(12-13-6-5-11-23-13)15-8-2-1-7-14(15)18(21)22/h1-2,5-8,11,16H,3-4,9-10,12H2,(H,21,22). The molecule has 120 valence electrons. The molecule has 1 atom stereocenters. The van der Waals surface area contributed by atoms with Crippen LogP contribution in [0.1, 0.15) is 41.8 Å². The smallest absolute Gasteiger partial charge is 0.337 e. The predicted octanol–water partition coefficient (Wildman–Crippen LogP) is 3.50. The van der Waals surface area contributed by atoms with Gasteiger partial charge in [-0.05, 0) is 37.1 Å². The highest BCUT2D eigenvalue weighted by molar-refractivity contribution is 5.96. The van der Waals surface area contributed by atoms with Crippen LogP contribution >= 0.6 is 0 Å². The highest BCUT2D eigenvalue weighted by atomic mass is 16.4. The van der Waals surface area contributed by atoms with Crippen LogP contribution in [-0.4, -0.2) is 22.9 Å². The minimum Gasteiger partial charge on any atom is -0.478 e. The Labute approximate surface area is 134 Å². The van der Waals surface area contributed by atoms with E-state index in [-0.39, 0.29) is 17.4 Å². The van der Waals surface area contributed by atoms with Crippen molar-refractivity contribution in [1.82, 2.24) is 0 Å². The van der Waals surface area contributed by atoms with Gasteiger partial charge in [0.15, 0.2) is 5.78 Å². The summed E-state index contributed by atoms with van der Waals surface area (Å²) in [5, 5.41) is 9.47. The molecule has 1 aliphatic rings. The van der Waals surface area contributed by atoms with Crippen LogP contribution < -0.4 is 4.90 Å². The fraction of sp³-hybridized carbons (Fsp3) is 0.333. The summed E-state index contributed by atoms with van der Waals surface area (Å²) in [5.41, 5.74) is 0.772. The molecule has 0 spiro atoms. The Morgan fingerprint density at radius 2 is 2.04 bits per heavy atom. The lowest BCUT2D eigenvalue weighted by atomic mass is 9.92. The number of Topliss-reactive ketones (excluding diaryl/α,β-unsaturated/α-hetero) is 1. The van der Waals surface area contributed by atoms with Crippen LogP contribution in [-0.2, 0) is 11.3 Å². The van der Waals surface area contributed by atoms with Crippen LogP contribution in [0, 0.1) is 0 Å². The number of carbonyl (C=O) groups is 2. The molecule has 1 aromatic carbocycles. The van der Waals surface area contributed by atoms with E-state index < -0.39 is 5.97 Å². The lowest BCUT2D eigenvalue weighted by Crippen LogP contribution is -2.43. The zero-order chi connectivity index (χ0) is 16.2. The quantitative estimate of drug-likeness (QED) is 0.915. The average Bonchev–Trinajstić information content (AvgIpc) is 3.06. The number of nitrogens with zero attached hydrogens (tertiary/aromatic N) is 1. The van der Waals surface area contributed by atoms with E-state index in [1.54, 1.807) is 36.6 Å². The average molecular weight is 313 g/mol. The molecule has 1 unspecified atom stereocenters. The molecule has 3 rings (SSSR count). The third-order valence-electron chi connectivity index (χ3n) is 4.25. The molecule has 0 saturated heterocycles. The van der Waals surface area contributed by atoms with Gasteiger partial charge in [-0.1, -0.05) is 18.6 Å². The fourth-order valence-corrected chi connectivity index (χ4v) is 3.13. The van der Waals surface area contributed by atoms with Gasteiger partial charge in [-0.3, -0.25) is 4.79 Å². The van der Waals surface area contributed by atoms with E-state index >= 15 is 0 Å². The third kappa shape index (κ3) is 3.28. The molecular weight excluding hydrogens is 294 g/mol. The highest BCUT2D eigenvalue weighted by Crippen LogP contribution is 2.30. The van der Waals surface area contributed by atoms with Crippen molar-refractivity contribution in [2.75, 3.05) is 4.90 Å². The molecule has 1 saturated carbocycles. The van der Waals surface area contributed by atoms with Crippen molar-refractivity contribution in [3.05, 3.63) is 54.0 Å². The number of ketones is 1. The normalized spacial score (nSPS) is 17.9. The lowest BCUT2D eigenvalue weighted by molar-refractivity contribution is -0.121. The Bertz CT molecular complexity index is 693. The molecule has 0 aliphatic heterocycles. The van der Waals surface area contributed by atoms with Gasteiger partial charge in [0.25, 0.3) is 0 Å². The molecule has 1 aliphatic carbocycles. The molecule has 1 heterocycles. The Morgan fingerprint density at radius 1 is 1.22 bits per heavy atom. The van der Waals surface area contributed by atoms with Crippen LogP contribution in [0.15, 0.2) is 47.1 Å². The molecular formula is C18H19NO4. The van der Waals surface area contributed by atoms with Crippen molar-refractivity contribution < 1.29 is 19.1 Å². The molecule has 5 nitrogen and oxygen atoms in total. The molecule has 1 fully saturated rings. The summed E-state index contributed by atoms with van der Waals surface area (Å²) in [7, 11) is 0. The van der Waals surface area contributed by atoms with Crippen LogP contribution in [0.25, 0.3) is 0 Å². The summed E-state index contributed by atoms with van der Waals surface area (Å²) < 4.78 is 5.41. The van der Waals surface area contributed by atoms with Crippen molar-refractivity contribution >= 4 is 17.4 Å². The molecule has 5 heteroatoms. The minimum atomic E-state index is -0.992. The zero-order valence-corrected chi connectivity index (χ0v) is 12.8. The van der Waals surface area contributed by atoms with Crippen molar-refractivity contribution in [3.8, 4) is 0 Å². The van der Waals surface area contributed by atoms with E-state index in [4.69, 9.17) is 4.42 Å². The second-order valence-corrected chi connectivity index (χ2v) is 5.76. The van der Waals surface area contributed by atoms with E-state index in [0.717, 1.165) is 19.3 Å². The number of rotatable bonds is 5. The largest absolute Gasteiger partial charge is 0.478 e. The maximum atomic E-state index is 12.4. The molecule has 0 amide bonds. The predicted molar refractivity (Wildman–Crippen MR) is 85.6 cm³/mol. The van der Waals surface area contributed by atoms with Gasteiger partial charge in [0.05, 0.1) is 30.1 Å². The maximum absolute atomic E-state index is 12.4. The van der Waals surface area contributed by atoms with Gasteiger partial charge >= 0.3 is 5.97 Å². The van der Waals surface area contributed by atoms with Crippen LogP contribution in [0.2, 0.25) is 0 Å². The second-order valence-electron chi connectivity index (χ2n) is 5.76. The number of anilines is 1.